The molecule has 0 N–H and O–H groups in total. The number of benzene rings is 2. The first-order valence-electron chi connectivity index (χ1n) is 7.86. The van der Waals surface area contributed by atoms with Crippen molar-refractivity contribution >= 4 is 34.0 Å². The standard InChI is InChI=1S/C17H12ClN5O4/c1-21-16(24)11-4-2-3-5-13(11)22-15(19-20-17(21)22)9-27-14-7-6-10(23(25)26)8-12(14)18/h2-8H,9H2,1H3. The highest BCUT2D eigenvalue weighted by atomic mass is 35.5. The lowest BCUT2D eigenvalue weighted by Gasteiger charge is -2.09. The predicted octanol–water partition coefficient (Wildman–Crippen LogP) is 2.72. The highest BCUT2D eigenvalue weighted by Gasteiger charge is 2.16. The number of aromatic nitrogens is 4. The zero-order chi connectivity index (χ0) is 19.1. The van der Waals surface area contributed by atoms with Gasteiger partial charge in [-0.15, -0.1) is 10.2 Å². The molecule has 0 aliphatic rings. The summed E-state index contributed by atoms with van der Waals surface area (Å²) in [5.41, 5.74) is 0.367. The second-order valence-corrected chi connectivity index (χ2v) is 6.20. The number of nitro groups is 1. The van der Waals surface area contributed by atoms with Crippen LogP contribution in [-0.4, -0.2) is 24.1 Å². The normalized spacial score (nSPS) is 11.2. The Morgan fingerprint density at radius 3 is 2.74 bits per heavy atom. The number of nitrogens with zero attached hydrogens (tertiary/aromatic N) is 5. The molecular weight excluding hydrogens is 374 g/mol. The molecule has 4 aromatic rings. The summed E-state index contributed by atoms with van der Waals surface area (Å²) in [6.45, 7) is 0.0148. The average Bonchev–Trinajstić information content (AvgIpc) is 3.09. The van der Waals surface area contributed by atoms with Crippen molar-refractivity contribution < 1.29 is 9.66 Å². The third-order valence-electron chi connectivity index (χ3n) is 4.18. The summed E-state index contributed by atoms with van der Waals surface area (Å²) in [6, 6.07) is 11.1. The van der Waals surface area contributed by atoms with Crippen molar-refractivity contribution in [2.24, 2.45) is 7.05 Å². The van der Waals surface area contributed by atoms with Crippen molar-refractivity contribution in [1.82, 2.24) is 19.2 Å². The molecule has 2 aromatic carbocycles. The van der Waals surface area contributed by atoms with Gasteiger partial charge in [0.05, 0.1) is 20.8 Å². The van der Waals surface area contributed by atoms with Gasteiger partial charge >= 0.3 is 0 Å². The smallest absolute Gasteiger partial charge is 0.271 e. The quantitative estimate of drug-likeness (QED) is 0.395. The first kappa shape index (κ1) is 17.0. The Morgan fingerprint density at radius 1 is 1.22 bits per heavy atom. The van der Waals surface area contributed by atoms with E-state index in [1.807, 2.05) is 6.07 Å². The van der Waals surface area contributed by atoms with Crippen LogP contribution in [0.1, 0.15) is 5.82 Å². The van der Waals surface area contributed by atoms with Crippen LogP contribution in [0.5, 0.6) is 5.75 Å². The fourth-order valence-electron chi connectivity index (χ4n) is 2.85. The fraction of sp³-hybridized carbons (Fsp3) is 0.118. The van der Waals surface area contributed by atoms with Crippen LogP contribution in [0.25, 0.3) is 16.7 Å². The van der Waals surface area contributed by atoms with Crippen LogP contribution < -0.4 is 10.3 Å². The largest absolute Gasteiger partial charge is 0.484 e. The molecule has 136 valence electrons. The van der Waals surface area contributed by atoms with Crippen LogP contribution in [0.3, 0.4) is 0 Å². The molecule has 0 aliphatic carbocycles. The molecule has 4 rings (SSSR count). The number of nitro benzene ring substituents is 1. The number of hydrogen-bond donors (Lipinski definition) is 0. The number of non-ortho nitro benzene ring substituents is 1. The number of hydrogen-bond acceptors (Lipinski definition) is 6. The molecule has 2 heterocycles. The topological polar surface area (TPSA) is 105 Å². The first-order chi connectivity index (χ1) is 13.0. The summed E-state index contributed by atoms with van der Waals surface area (Å²) in [6.07, 6.45) is 0. The molecule has 0 saturated heterocycles. The summed E-state index contributed by atoms with van der Waals surface area (Å²) < 4.78 is 8.82. The molecule has 0 radical (unpaired) electrons. The van der Waals surface area contributed by atoms with Gasteiger partial charge in [0.25, 0.3) is 11.2 Å². The van der Waals surface area contributed by atoms with Crippen molar-refractivity contribution in [1.29, 1.82) is 0 Å². The van der Waals surface area contributed by atoms with Gasteiger partial charge in [-0.2, -0.15) is 0 Å². The molecule has 0 unspecified atom stereocenters. The van der Waals surface area contributed by atoms with E-state index in [1.54, 1.807) is 29.6 Å². The maximum Gasteiger partial charge on any atom is 0.271 e. The van der Waals surface area contributed by atoms with Gasteiger partial charge in [0.1, 0.15) is 12.4 Å². The Bertz CT molecular complexity index is 1260. The number of halogens is 1. The monoisotopic (exact) mass is 385 g/mol. The van der Waals surface area contributed by atoms with Gasteiger partial charge < -0.3 is 4.74 Å². The van der Waals surface area contributed by atoms with Crippen molar-refractivity contribution in [3.63, 3.8) is 0 Å². The predicted molar refractivity (Wildman–Crippen MR) is 98.2 cm³/mol. The summed E-state index contributed by atoms with van der Waals surface area (Å²) >= 11 is 6.06. The van der Waals surface area contributed by atoms with E-state index in [4.69, 9.17) is 16.3 Å². The van der Waals surface area contributed by atoms with Crippen LogP contribution in [-0.2, 0) is 13.7 Å². The number of fused-ring (bicyclic) bond motifs is 3. The zero-order valence-corrected chi connectivity index (χ0v) is 14.8. The van der Waals surface area contributed by atoms with Gasteiger partial charge in [-0.25, -0.2) is 0 Å². The van der Waals surface area contributed by atoms with E-state index >= 15 is 0 Å². The number of aryl methyl sites for hydroxylation is 1. The maximum atomic E-state index is 12.4. The third kappa shape index (κ3) is 2.77. The molecule has 10 heteroatoms. The summed E-state index contributed by atoms with van der Waals surface area (Å²) in [7, 11) is 1.62. The minimum atomic E-state index is -0.533. The molecule has 2 aromatic heterocycles. The molecular formula is C17H12ClN5O4. The van der Waals surface area contributed by atoms with Gasteiger partial charge in [-0.1, -0.05) is 23.7 Å². The molecule has 0 fully saturated rings. The van der Waals surface area contributed by atoms with Crippen LogP contribution in [0.4, 0.5) is 5.69 Å². The molecule has 0 saturated carbocycles. The maximum absolute atomic E-state index is 12.4. The third-order valence-corrected chi connectivity index (χ3v) is 4.47. The van der Waals surface area contributed by atoms with Gasteiger partial charge in [-0.05, 0) is 18.2 Å². The van der Waals surface area contributed by atoms with Gasteiger partial charge in [-0.3, -0.25) is 23.9 Å². The van der Waals surface area contributed by atoms with Crippen molar-refractivity contribution in [3.05, 3.63) is 73.8 Å². The number of rotatable bonds is 4. The lowest BCUT2D eigenvalue weighted by atomic mass is 10.2. The average molecular weight is 386 g/mol. The van der Waals surface area contributed by atoms with Crippen molar-refractivity contribution in [2.75, 3.05) is 0 Å². The fourth-order valence-corrected chi connectivity index (χ4v) is 3.08. The van der Waals surface area contributed by atoms with Crippen LogP contribution in [0, 0.1) is 10.1 Å². The van der Waals surface area contributed by atoms with Crippen molar-refractivity contribution in [2.45, 2.75) is 6.61 Å². The Hall–Kier alpha value is -3.46. The SMILES string of the molecule is Cn1c(=O)c2ccccc2n2c(COc3ccc([N+](=O)[O-])cc3Cl)nnc12. The highest BCUT2D eigenvalue weighted by Crippen LogP contribution is 2.29. The summed E-state index contributed by atoms with van der Waals surface area (Å²) in [4.78, 5) is 22.7. The minimum Gasteiger partial charge on any atom is -0.484 e. The van der Waals surface area contributed by atoms with Crippen LogP contribution in [0.15, 0.2) is 47.3 Å². The van der Waals surface area contributed by atoms with E-state index < -0.39 is 4.92 Å². The first-order valence-corrected chi connectivity index (χ1v) is 8.23. The van der Waals surface area contributed by atoms with Crippen LogP contribution >= 0.6 is 11.6 Å². The molecule has 0 spiro atoms. The van der Waals surface area contributed by atoms with E-state index in [2.05, 4.69) is 10.2 Å². The second-order valence-electron chi connectivity index (χ2n) is 5.79. The Kier molecular flexibility index (Phi) is 4.00. The van der Waals surface area contributed by atoms with E-state index in [9.17, 15) is 14.9 Å². The highest BCUT2D eigenvalue weighted by molar-refractivity contribution is 6.32. The molecule has 0 amide bonds. The summed E-state index contributed by atoms with van der Waals surface area (Å²) in [5, 5.41) is 19.6. The second kappa shape index (κ2) is 6.36. The van der Waals surface area contributed by atoms with E-state index in [-0.39, 0.29) is 28.6 Å². The van der Waals surface area contributed by atoms with Crippen LogP contribution in [0.2, 0.25) is 5.02 Å². The van der Waals surface area contributed by atoms with Gasteiger partial charge in [0.15, 0.2) is 5.82 Å². The lowest BCUT2D eigenvalue weighted by molar-refractivity contribution is -0.384. The Morgan fingerprint density at radius 2 is 2.00 bits per heavy atom. The zero-order valence-electron chi connectivity index (χ0n) is 14.0. The van der Waals surface area contributed by atoms with Gasteiger partial charge in [0, 0.05) is 19.2 Å². The van der Waals surface area contributed by atoms with E-state index in [1.165, 1.54) is 22.8 Å². The molecule has 9 nitrogen and oxygen atoms in total. The summed E-state index contributed by atoms with van der Waals surface area (Å²) in [5.74, 6) is 1.13. The van der Waals surface area contributed by atoms with E-state index in [0.717, 1.165) is 0 Å². The molecule has 0 atom stereocenters. The van der Waals surface area contributed by atoms with Gasteiger partial charge in [0.2, 0.25) is 5.78 Å². The molecule has 27 heavy (non-hydrogen) atoms. The van der Waals surface area contributed by atoms with Crippen molar-refractivity contribution in [3.8, 4) is 5.75 Å². The molecule has 0 aliphatic heterocycles. The minimum absolute atomic E-state index is 0.0148. The van der Waals surface area contributed by atoms with E-state index in [0.29, 0.717) is 22.5 Å². The molecule has 0 bridgehead atoms. The Labute approximate surface area is 156 Å². The Balaban J connectivity index is 1.76. The lowest BCUT2D eigenvalue weighted by Crippen LogP contribution is -2.20. The number of ether oxygens (including phenoxy) is 1. The number of para-hydroxylation sites is 1.